The monoisotopic (exact) mass is 268 g/mol. The molecule has 0 radical (unpaired) electrons. The second-order valence-electron chi connectivity index (χ2n) is 4.75. The molecule has 1 rings (SSSR count). The van der Waals surface area contributed by atoms with Crippen LogP contribution in [0, 0.1) is 12.8 Å². The molecule has 0 aromatic carbocycles. The van der Waals surface area contributed by atoms with Crippen molar-refractivity contribution in [2.45, 2.75) is 27.2 Å². The maximum absolute atomic E-state index is 11.5. The molecule has 0 saturated heterocycles. The molecule has 0 amide bonds. The first-order valence-corrected chi connectivity index (χ1v) is 6.40. The molecule has 0 spiro atoms. The summed E-state index contributed by atoms with van der Waals surface area (Å²) in [4.78, 5) is 21.0. The third-order valence-electron chi connectivity index (χ3n) is 2.38. The Bertz CT molecular complexity index is 469. The standard InChI is InChI=1S/C12H20N4OS/c1-8(2)7-16(5-4-10(13)18)11-6-12(17)15-9(3)14-11/h6,8H,4-5,7H2,1-3H3,(H2,13,18)(H,14,15,17). The summed E-state index contributed by atoms with van der Waals surface area (Å²) < 4.78 is 0. The fraction of sp³-hybridized carbons (Fsp3) is 0.583. The van der Waals surface area contributed by atoms with E-state index in [9.17, 15) is 4.79 Å². The lowest BCUT2D eigenvalue weighted by Crippen LogP contribution is -2.32. The number of nitrogens with one attached hydrogen (secondary N) is 1. The Labute approximate surface area is 112 Å². The predicted molar refractivity (Wildman–Crippen MR) is 78.0 cm³/mol. The van der Waals surface area contributed by atoms with Crippen molar-refractivity contribution in [3.05, 3.63) is 22.2 Å². The molecule has 1 aromatic heterocycles. The first kappa shape index (κ1) is 14.6. The van der Waals surface area contributed by atoms with Gasteiger partial charge in [-0.05, 0) is 12.8 Å². The maximum atomic E-state index is 11.5. The molecule has 0 aliphatic carbocycles. The summed E-state index contributed by atoms with van der Waals surface area (Å²) in [5.41, 5.74) is 5.39. The van der Waals surface area contributed by atoms with Gasteiger partial charge in [0.15, 0.2) is 0 Å². The number of rotatable bonds is 6. The van der Waals surface area contributed by atoms with E-state index in [1.807, 2.05) is 4.90 Å². The summed E-state index contributed by atoms with van der Waals surface area (Å²) in [6, 6.07) is 1.51. The summed E-state index contributed by atoms with van der Waals surface area (Å²) >= 11 is 4.89. The Morgan fingerprint density at radius 3 is 2.78 bits per heavy atom. The zero-order valence-corrected chi connectivity index (χ0v) is 11.9. The fourth-order valence-electron chi connectivity index (χ4n) is 1.71. The van der Waals surface area contributed by atoms with Crippen LogP contribution in [0.25, 0.3) is 0 Å². The normalized spacial score (nSPS) is 10.7. The van der Waals surface area contributed by atoms with Gasteiger partial charge in [0, 0.05) is 25.6 Å². The van der Waals surface area contributed by atoms with Gasteiger partial charge in [-0.1, -0.05) is 26.1 Å². The number of hydrogen-bond donors (Lipinski definition) is 2. The van der Waals surface area contributed by atoms with E-state index in [-0.39, 0.29) is 5.56 Å². The molecule has 3 N–H and O–H groups in total. The average Bonchev–Trinajstić information content (AvgIpc) is 2.22. The van der Waals surface area contributed by atoms with Crippen molar-refractivity contribution in [2.75, 3.05) is 18.0 Å². The van der Waals surface area contributed by atoms with Crippen molar-refractivity contribution in [3.63, 3.8) is 0 Å². The molecule has 1 heterocycles. The van der Waals surface area contributed by atoms with E-state index >= 15 is 0 Å². The van der Waals surface area contributed by atoms with Crippen LogP contribution in [0.2, 0.25) is 0 Å². The number of nitrogens with two attached hydrogens (primary N) is 1. The van der Waals surface area contributed by atoms with Crippen molar-refractivity contribution < 1.29 is 0 Å². The summed E-state index contributed by atoms with van der Waals surface area (Å²) in [6.07, 6.45) is 0.621. The molecule has 0 unspecified atom stereocenters. The zero-order chi connectivity index (χ0) is 13.7. The number of nitrogens with zero attached hydrogens (tertiary/aromatic N) is 2. The zero-order valence-electron chi connectivity index (χ0n) is 11.1. The molecule has 0 atom stereocenters. The van der Waals surface area contributed by atoms with Gasteiger partial charge in [-0.15, -0.1) is 0 Å². The van der Waals surface area contributed by atoms with Gasteiger partial charge in [0.1, 0.15) is 11.6 Å². The van der Waals surface area contributed by atoms with Crippen LogP contribution in [0.15, 0.2) is 10.9 Å². The number of aromatic amines is 1. The van der Waals surface area contributed by atoms with Crippen molar-refractivity contribution >= 4 is 23.0 Å². The molecule has 0 aliphatic heterocycles. The molecular formula is C12H20N4OS. The van der Waals surface area contributed by atoms with Gasteiger partial charge in [-0.2, -0.15) is 0 Å². The lowest BCUT2D eigenvalue weighted by molar-refractivity contribution is 0.608. The Balaban J connectivity index is 2.93. The Morgan fingerprint density at radius 2 is 2.28 bits per heavy atom. The molecule has 6 heteroatoms. The van der Waals surface area contributed by atoms with Gasteiger partial charge in [-0.3, -0.25) is 4.79 Å². The fourth-order valence-corrected chi connectivity index (χ4v) is 1.80. The van der Waals surface area contributed by atoms with Gasteiger partial charge in [0.25, 0.3) is 5.56 Å². The summed E-state index contributed by atoms with van der Waals surface area (Å²) in [7, 11) is 0. The third-order valence-corrected chi connectivity index (χ3v) is 2.59. The molecule has 18 heavy (non-hydrogen) atoms. The average molecular weight is 268 g/mol. The van der Waals surface area contributed by atoms with E-state index in [0.29, 0.717) is 35.5 Å². The number of anilines is 1. The highest BCUT2D eigenvalue weighted by Crippen LogP contribution is 2.11. The van der Waals surface area contributed by atoms with Crippen molar-refractivity contribution in [1.29, 1.82) is 0 Å². The molecule has 0 bridgehead atoms. The number of aromatic nitrogens is 2. The van der Waals surface area contributed by atoms with Gasteiger partial charge >= 0.3 is 0 Å². The first-order chi connectivity index (χ1) is 8.38. The van der Waals surface area contributed by atoms with Crippen LogP contribution in [-0.2, 0) is 0 Å². The Kier molecular flexibility index (Phi) is 5.27. The number of aryl methyl sites for hydroxylation is 1. The van der Waals surface area contributed by atoms with E-state index in [0.717, 1.165) is 6.54 Å². The molecular weight excluding hydrogens is 248 g/mol. The maximum Gasteiger partial charge on any atom is 0.252 e. The van der Waals surface area contributed by atoms with Crippen molar-refractivity contribution in [1.82, 2.24) is 9.97 Å². The summed E-state index contributed by atoms with van der Waals surface area (Å²) in [6.45, 7) is 7.51. The number of H-pyrrole nitrogens is 1. The van der Waals surface area contributed by atoms with Crippen LogP contribution >= 0.6 is 12.2 Å². The van der Waals surface area contributed by atoms with Crippen LogP contribution in [0.1, 0.15) is 26.1 Å². The smallest absolute Gasteiger partial charge is 0.252 e. The second kappa shape index (κ2) is 6.49. The van der Waals surface area contributed by atoms with Crippen LogP contribution in [0.3, 0.4) is 0 Å². The highest BCUT2D eigenvalue weighted by molar-refractivity contribution is 7.80. The molecule has 0 aliphatic rings. The third kappa shape index (κ3) is 4.83. The summed E-state index contributed by atoms with van der Waals surface area (Å²) in [5, 5.41) is 0. The molecule has 1 aromatic rings. The lowest BCUT2D eigenvalue weighted by Gasteiger charge is -2.25. The highest BCUT2D eigenvalue weighted by atomic mass is 32.1. The first-order valence-electron chi connectivity index (χ1n) is 5.99. The quantitative estimate of drug-likeness (QED) is 0.759. The van der Waals surface area contributed by atoms with Crippen LogP contribution < -0.4 is 16.2 Å². The molecule has 5 nitrogen and oxygen atoms in total. The minimum absolute atomic E-state index is 0.137. The van der Waals surface area contributed by atoms with Crippen LogP contribution in [0.4, 0.5) is 5.82 Å². The van der Waals surface area contributed by atoms with Gasteiger partial charge in [0.2, 0.25) is 0 Å². The minimum atomic E-state index is -0.137. The van der Waals surface area contributed by atoms with Crippen LogP contribution in [-0.4, -0.2) is 28.0 Å². The lowest BCUT2D eigenvalue weighted by atomic mass is 10.2. The largest absolute Gasteiger partial charge is 0.393 e. The van der Waals surface area contributed by atoms with Crippen LogP contribution in [0.5, 0.6) is 0 Å². The Hall–Kier alpha value is -1.43. The van der Waals surface area contributed by atoms with E-state index in [2.05, 4.69) is 23.8 Å². The molecule has 0 fully saturated rings. The molecule has 0 saturated carbocycles. The van der Waals surface area contributed by atoms with Crippen molar-refractivity contribution in [3.8, 4) is 0 Å². The predicted octanol–water partition coefficient (Wildman–Crippen LogP) is 1.22. The SMILES string of the molecule is Cc1nc(N(CCC(N)=S)CC(C)C)cc(=O)[nH]1. The van der Waals surface area contributed by atoms with Gasteiger partial charge < -0.3 is 15.6 Å². The van der Waals surface area contributed by atoms with E-state index in [4.69, 9.17) is 18.0 Å². The van der Waals surface area contributed by atoms with Gasteiger partial charge in [0.05, 0.1) is 4.99 Å². The topological polar surface area (TPSA) is 75.0 Å². The Morgan fingerprint density at radius 1 is 1.61 bits per heavy atom. The molecule has 100 valence electrons. The van der Waals surface area contributed by atoms with E-state index < -0.39 is 0 Å². The highest BCUT2D eigenvalue weighted by Gasteiger charge is 2.11. The number of hydrogen-bond acceptors (Lipinski definition) is 4. The minimum Gasteiger partial charge on any atom is -0.393 e. The van der Waals surface area contributed by atoms with E-state index in [1.54, 1.807) is 6.92 Å². The number of thiocarbonyl (C=S) groups is 1. The summed E-state index contributed by atoms with van der Waals surface area (Å²) in [5.74, 6) is 1.76. The second-order valence-corrected chi connectivity index (χ2v) is 5.27. The van der Waals surface area contributed by atoms with E-state index in [1.165, 1.54) is 6.07 Å². The van der Waals surface area contributed by atoms with Gasteiger partial charge in [-0.25, -0.2) is 4.98 Å². The van der Waals surface area contributed by atoms with Crippen molar-refractivity contribution in [2.24, 2.45) is 11.7 Å².